The Morgan fingerprint density at radius 2 is 2.04 bits per heavy atom. The van der Waals surface area contributed by atoms with Crippen LogP contribution in [0.4, 0.5) is 0 Å². The van der Waals surface area contributed by atoms with Gasteiger partial charge >= 0.3 is 0 Å². The number of aryl methyl sites for hydroxylation is 1. The number of ether oxygens (including phenoxy) is 1. The van der Waals surface area contributed by atoms with E-state index in [4.69, 9.17) is 4.74 Å². The van der Waals surface area contributed by atoms with Gasteiger partial charge in [-0.2, -0.15) is 0 Å². The average molecular weight is 356 g/mol. The first-order chi connectivity index (χ1) is 12.5. The summed E-state index contributed by atoms with van der Waals surface area (Å²) in [5.74, 6) is 3.54. The van der Waals surface area contributed by atoms with Gasteiger partial charge in [-0.25, -0.2) is 0 Å². The van der Waals surface area contributed by atoms with Crippen molar-refractivity contribution in [1.29, 1.82) is 0 Å². The van der Waals surface area contributed by atoms with Gasteiger partial charge in [0.1, 0.15) is 11.5 Å². The minimum atomic E-state index is -0.0197. The van der Waals surface area contributed by atoms with Crippen molar-refractivity contribution >= 4 is 5.78 Å². The second-order valence-corrected chi connectivity index (χ2v) is 9.20. The minimum Gasteiger partial charge on any atom is -0.494 e. The van der Waals surface area contributed by atoms with E-state index in [0.717, 1.165) is 51.0 Å². The Morgan fingerprint density at radius 3 is 2.85 bits per heavy atom. The Hall–Kier alpha value is -1.35. The Balaban J connectivity index is 1.46. The maximum Gasteiger partial charge on any atom is 0.139 e. The molecule has 3 aliphatic rings. The molecule has 2 saturated carbocycles. The number of benzene rings is 1. The van der Waals surface area contributed by atoms with Crippen molar-refractivity contribution in [2.75, 3.05) is 27.2 Å². The van der Waals surface area contributed by atoms with Crippen LogP contribution in [0.1, 0.15) is 62.5 Å². The fourth-order valence-electron chi connectivity index (χ4n) is 5.99. The van der Waals surface area contributed by atoms with Crippen LogP contribution < -0.4 is 4.74 Å². The predicted molar refractivity (Wildman–Crippen MR) is 105 cm³/mol. The number of ketones is 1. The molecule has 0 saturated heterocycles. The maximum absolute atomic E-state index is 12.4. The van der Waals surface area contributed by atoms with Crippen LogP contribution in [0.3, 0.4) is 0 Å². The molecule has 3 aliphatic carbocycles. The van der Waals surface area contributed by atoms with Crippen LogP contribution >= 0.6 is 0 Å². The lowest BCUT2D eigenvalue weighted by molar-refractivity contribution is -0.129. The number of carbonyl (C=O) groups excluding carboxylic acids is 1. The van der Waals surface area contributed by atoms with Gasteiger partial charge in [0.15, 0.2) is 0 Å². The number of nitrogens with zero attached hydrogens (tertiary/aromatic N) is 1. The van der Waals surface area contributed by atoms with Gasteiger partial charge in [-0.05, 0) is 93.6 Å². The number of fused-ring (bicyclic) bond motifs is 5. The molecule has 0 aromatic heterocycles. The highest BCUT2D eigenvalue weighted by molar-refractivity contribution is 5.87. The SMILES string of the molecule is CN(C)CCCOc1ccc2c(c1)CC[C@@H]1[C@@H]2CC[C@@]2(C)C(=O)CC[C@@H]12. The van der Waals surface area contributed by atoms with Crippen molar-refractivity contribution in [3.8, 4) is 5.75 Å². The molecule has 3 nitrogen and oxygen atoms in total. The summed E-state index contributed by atoms with van der Waals surface area (Å²) in [4.78, 5) is 14.6. The lowest BCUT2D eigenvalue weighted by Gasteiger charge is -2.48. The van der Waals surface area contributed by atoms with E-state index >= 15 is 0 Å². The number of carbonyl (C=O) groups is 1. The van der Waals surface area contributed by atoms with E-state index in [1.807, 2.05) is 0 Å². The number of hydrogen-bond donors (Lipinski definition) is 0. The number of Topliss-reactive ketones (excluding diaryl/α,β-unsaturated/α-hetero) is 1. The van der Waals surface area contributed by atoms with Gasteiger partial charge in [-0.1, -0.05) is 13.0 Å². The zero-order chi connectivity index (χ0) is 18.3. The molecular formula is C23H33NO2. The van der Waals surface area contributed by atoms with Gasteiger partial charge in [-0.3, -0.25) is 4.79 Å². The highest BCUT2D eigenvalue weighted by atomic mass is 16.5. The van der Waals surface area contributed by atoms with Crippen LogP contribution in [0.5, 0.6) is 5.75 Å². The van der Waals surface area contributed by atoms with Crippen LogP contribution in [0.25, 0.3) is 0 Å². The zero-order valence-corrected chi connectivity index (χ0v) is 16.6. The number of rotatable bonds is 5. The summed E-state index contributed by atoms with van der Waals surface area (Å²) in [5.41, 5.74) is 3.02. The van der Waals surface area contributed by atoms with Crippen LogP contribution in [0.2, 0.25) is 0 Å². The molecular weight excluding hydrogens is 322 g/mol. The molecule has 142 valence electrons. The van der Waals surface area contributed by atoms with Crippen molar-refractivity contribution in [3.63, 3.8) is 0 Å². The van der Waals surface area contributed by atoms with Crippen LogP contribution in [-0.4, -0.2) is 37.9 Å². The largest absolute Gasteiger partial charge is 0.494 e. The first-order valence-electron chi connectivity index (χ1n) is 10.4. The van der Waals surface area contributed by atoms with E-state index in [2.05, 4.69) is 44.1 Å². The maximum atomic E-state index is 12.4. The van der Waals surface area contributed by atoms with Crippen LogP contribution in [0.15, 0.2) is 18.2 Å². The lowest BCUT2D eigenvalue weighted by Crippen LogP contribution is -2.42. The molecule has 0 unspecified atom stereocenters. The van der Waals surface area contributed by atoms with Crippen LogP contribution in [-0.2, 0) is 11.2 Å². The van der Waals surface area contributed by atoms with Gasteiger partial charge in [-0.15, -0.1) is 0 Å². The minimum absolute atomic E-state index is 0.0197. The molecule has 26 heavy (non-hydrogen) atoms. The average Bonchev–Trinajstić information content (AvgIpc) is 2.93. The summed E-state index contributed by atoms with van der Waals surface area (Å²) in [7, 11) is 4.20. The fraction of sp³-hybridized carbons (Fsp3) is 0.696. The molecule has 0 N–H and O–H groups in total. The summed E-state index contributed by atoms with van der Waals surface area (Å²) in [6.07, 6.45) is 7.65. The standard InChI is InChI=1S/C23H33NO2/c1-23-12-11-19-18-8-6-17(26-14-4-13-24(2)3)15-16(18)5-7-20(19)21(23)9-10-22(23)25/h6,8,15,19-21H,4-5,7,9-14H2,1-3H3/t19-,20-,21+,23-/m1/s1. The second kappa shape index (κ2) is 6.99. The van der Waals surface area contributed by atoms with E-state index in [9.17, 15) is 4.79 Å². The van der Waals surface area contributed by atoms with Crippen molar-refractivity contribution in [1.82, 2.24) is 4.90 Å². The monoisotopic (exact) mass is 355 g/mol. The smallest absolute Gasteiger partial charge is 0.139 e. The molecule has 1 aromatic rings. The highest BCUT2D eigenvalue weighted by Gasteiger charge is 2.54. The Labute approximate surface area is 158 Å². The van der Waals surface area contributed by atoms with Gasteiger partial charge in [0.05, 0.1) is 6.61 Å². The normalized spacial score (nSPS) is 32.9. The predicted octanol–water partition coefficient (Wildman–Crippen LogP) is 4.44. The van der Waals surface area contributed by atoms with Gasteiger partial charge in [0.25, 0.3) is 0 Å². The third-order valence-corrected chi connectivity index (χ3v) is 7.43. The Morgan fingerprint density at radius 1 is 1.19 bits per heavy atom. The molecule has 0 amide bonds. The van der Waals surface area contributed by atoms with E-state index in [0.29, 0.717) is 23.5 Å². The molecule has 0 aliphatic heterocycles. The van der Waals surface area contributed by atoms with E-state index in [-0.39, 0.29) is 5.41 Å². The Kier molecular flexibility index (Phi) is 4.85. The molecule has 4 rings (SSSR count). The Bertz CT molecular complexity index is 683. The fourth-order valence-corrected chi connectivity index (χ4v) is 5.99. The van der Waals surface area contributed by atoms with Crippen molar-refractivity contribution in [2.24, 2.45) is 17.3 Å². The van der Waals surface area contributed by atoms with E-state index < -0.39 is 0 Å². The highest BCUT2D eigenvalue weighted by Crippen LogP contribution is 2.59. The molecule has 3 heteroatoms. The van der Waals surface area contributed by atoms with Gasteiger partial charge in [0.2, 0.25) is 0 Å². The topological polar surface area (TPSA) is 29.5 Å². The quantitative estimate of drug-likeness (QED) is 0.731. The molecule has 0 bridgehead atoms. The summed E-state index contributed by atoms with van der Waals surface area (Å²) in [6.45, 7) is 4.10. The summed E-state index contributed by atoms with van der Waals surface area (Å²) in [6, 6.07) is 6.78. The number of hydrogen-bond acceptors (Lipinski definition) is 3. The first-order valence-corrected chi connectivity index (χ1v) is 10.4. The van der Waals surface area contributed by atoms with Crippen molar-refractivity contribution in [3.05, 3.63) is 29.3 Å². The van der Waals surface area contributed by atoms with Crippen LogP contribution in [0, 0.1) is 17.3 Å². The zero-order valence-electron chi connectivity index (χ0n) is 16.6. The van der Waals surface area contributed by atoms with Gasteiger partial charge < -0.3 is 9.64 Å². The van der Waals surface area contributed by atoms with Crippen molar-refractivity contribution in [2.45, 2.75) is 57.8 Å². The summed E-state index contributed by atoms with van der Waals surface area (Å²) < 4.78 is 5.99. The van der Waals surface area contributed by atoms with E-state index in [1.165, 1.54) is 18.4 Å². The molecule has 0 radical (unpaired) electrons. The lowest BCUT2D eigenvalue weighted by atomic mass is 9.55. The molecule has 0 spiro atoms. The van der Waals surface area contributed by atoms with Gasteiger partial charge in [0, 0.05) is 18.4 Å². The first kappa shape index (κ1) is 18.0. The van der Waals surface area contributed by atoms with Crippen molar-refractivity contribution < 1.29 is 9.53 Å². The third kappa shape index (κ3) is 3.09. The molecule has 0 heterocycles. The second-order valence-electron chi connectivity index (χ2n) is 9.20. The molecule has 4 atom stereocenters. The molecule has 2 fully saturated rings. The summed E-state index contributed by atoms with van der Waals surface area (Å²) in [5, 5.41) is 0. The van der Waals surface area contributed by atoms with E-state index in [1.54, 1.807) is 5.56 Å². The molecule has 1 aromatic carbocycles. The third-order valence-electron chi connectivity index (χ3n) is 7.43. The summed E-state index contributed by atoms with van der Waals surface area (Å²) >= 11 is 0.